The summed E-state index contributed by atoms with van der Waals surface area (Å²) in [5.41, 5.74) is 5.82. The summed E-state index contributed by atoms with van der Waals surface area (Å²) in [7, 11) is 0. The number of hydrogen-bond donors (Lipinski definition) is 0. The predicted molar refractivity (Wildman–Crippen MR) is 109 cm³/mol. The average molecular weight is 358 g/mol. The second-order valence-corrected chi connectivity index (χ2v) is 7.31. The third-order valence-corrected chi connectivity index (χ3v) is 5.12. The molecule has 1 fully saturated rings. The molecular weight excluding hydrogens is 332 g/mol. The van der Waals surface area contributed by atoms with Gasteiger partial charge in [-0.15, -0.1) is 0 Å². The summed E-state index contributed by atoms with van der Waals surface area (Å²) in [6.07, 6.45) is 3.76. The Morgan fingerprint density at radius 1 is 0.704 bits per heavy atom. The van der Waals surface area contributed by atoms with Gasteiger partial charge in [0.15, 0.2) is 0 Å². The van der Waals surface area contributed by atoms with Crippen molar-refractivity contribution in [2.75, 3.05) is 26.2 Å². The number of rotatable bonds is 5. The zero-order chi connectivity index (χ0) is 18.5. The van der Waals surface area contributed by atoms with Gasteiger partial charge in [-0.25, -0.2) is 0 Å². The highest BCUT2D eigenvalue weighted by molar-refractivity contribution is 5.55. The van der Waals surface area contributed by atoms with Gasteiger partial charge in [-0.3, -0.25) is 19.8 Å². The van der Waals surface area contributed by atoms with Crippen LogP contribution in [0, 0.1) is 6.92 Å². The fourth-order valence-corrected chi connectivity index (χ4v) is 3.59. The van der Waals surface area contributed by atoms with Gasteiger partial charge in [-0.2, -0.15) is 0 Å². The molecule has 0 aliphatic carbocycles. The minimum absolute atomic E-state index is 0.949. The molecule has 1 aromatic carbocycles. The van der Waals surface area contributed by atoms with E-state index in [-0.39, 0.29) is 0 Å². The maximum Gasteiger partial charge on any atom is 0.0889 e. The summed E-state index contributed by atoms with van der Waals surface area (Å²) in [5, 5.41) is 0. The summed E-state index contributed by atoms with van der Waals surface area (Å²) < 4.78 is 0. The average Bonchev–Trinajstić information content (AvgIpc) is 2.71. The van der Waals surface area contributed by atoms with Gasteiger partial charge in [0.1, 0.15) is 0 Å². The number of nitrogens with zero attached hydrogens (tertiary/aromatic N) is 4. The van der Waals surface area contributed by atoms with Crippen LogP contribution in [0.25, 0.3) is 11.4 Å². The lowest BCUT2D eigenvalue weighted by Gasteiger charge is -2.34. The van der Waals surface area contributed by atoms with Crippen LogP contribution in [0.15, 0.2) is 67.0 Å². The van der Waals surface area contributed by atoms with Crippen LogP contribution in [-0.4, -0.2) is 45.9 Å². The molecule has 27 heavy (non-hydrogen) atoms. The van der Waals surface area contributed by atoms with E-state index in [1.165, 1.54) is 16.7 Å². The van der Waals surface area contributed by atoms with Crippen molar-refractivity contribution in [3.8, 4) is 11.4 Å². The van der Waals surface area contributed by atoms with E-state index in [2.05, 4.69) is 75.2 Å². The Morgan fingerprint density at radius 3 is 1.96 bits per heavy atom. The first-order valence-electron chi connectivity index (χ1n) is 9.63. The monoisotopic (exact) mass is 358 g/mol. The van der Waals surface area contributed by atoms with Crippen LogP contribution < -0.4 is 0 Å². The van der Waals surface area contributed by atoms with Crippen LogP contribution >= 0.6 is 0 Å². The Kier molecular flexibility index (Phi) is 5.56. The Bertz CT molecular complexity index is 870. The third kappa shape index (κ3) is 4.79. The van der Waals surface area contributed by atoms with Crippen molar-refractivity contribution in [3.05, 3.63) is 83.7 Å². The standard InChI is InChI=1S/C23H26N4/c1-19-7-9-24-22(15-19)23-16-21(8-10-25-23)18-27-13-11-26(12-14-27)17-20-5-3-2-4-6-20/h2-10,15-16H,11-14,17-18H2,1H3. The summed E-state index contributed by atoms with van der Waals surface area (Å²) >= 11 is 0. The largest absolute Gasteiger partial charge is 0.297 e. The molecule has 3 aromatic rings. The van der Waals surface area contributed by atoms with Gasteiger partial charge in [0, 0.05) is 51.7 Å². The lowest BCUT2D eigenvalue weighted by atomic mass is 10.1. The first-order valence-corrected chi connectivity index (χ1v) is 9.63. The van der Waals surface area contributed by atoms with Crippen LogP contribution in [0.4, 0.5) is 0 Å². The molecule has 138 valence electrons. The molecule has 2 aromatic heterocycles. The van der Waals surface area contributed by atoms with Crippen molar-refractivity contribution in [3.63, 3.8) is 0 Å². The summed E-state index contributed by atoms with van der Waals surface area (Å²) in [6.45, 7) is 8.55. The molecule has 0 amide bonds. The van der Waals surface area contributed by atoms with Crippen LogP contribution in [-0.2, 0) is 13.1 Å². The van der Waals surface area contributed by atoms with Crippen molar-refractivity contribution < 1.29 is 0 Å². The molecule has 1 aliphatic heterocycles. The number of piperazine rings is 1. The Balaban J connectivity index is 1.35. The second-order valence-electron chi connectivity index (χ2n) is 7.31. The van der Waals surface area contributed by atoms with Gasteiger partial charge in [-0.1, -0.05) is 30.3 Å². The van der Waals surface area contributed by atoms with Gasteiger partial charge in [0.05, 0.1) is 11.4 Å². The molecule has 1 aliphatic rings. The molecule has 0 bridgehead atoms. The van der Waals surface area contributed by atoms with Crippen LogP contribution in [0.3, 0.4) is 0 Å². The van der Waals surface area contributed by atoms with Gasteiger partial charge < -0.3 is 0 Å². The molecule has 0 radical (unpaired) electrons. The SMILES string of the molecule is Cc1ccnc(-c2cc(CN3CCN(Cc4ccccc4)CC3)ccn2)c1. The van der Waals surface area contributed by atoms with E-state index in [0.717, 1.165) is 50.7 Å². The summed E-state index contributed by atoms with van der Waals surface area (Å²) in [5.74, 6) is 0. The molecule has 0 N–H and O–H groups in total. The maximum atomic E-state index is 4.51. The first kappa shape index (κ1) is 17.8. The highest BCUT2D eigenvalue weighted by Gasteiger charge is 2.17. The van der Waals surface area contributed by atoms with Crippen molar-refractivity contribution >= 4 is 0 Å². The molecular formula is C23H26N4. The fraction of sp³-hybridized carbons (Fsp3) is 0.304. The van der Waals surface area contributed by atoms with E-state index in [9.17, 15) is 0 Å². The number of benzene rings is 1. The first-order chi connectivity index (χ1) is 13.3. The van der Waals surface area contributed by atoms with Crippen LogP contribution in [0.2, 0.25) is 0 Å². The van der Waals surface area contributed by atoms with Crippen LogP contribution in [0.5, 0.6) is 0 Å². The molecule has 4 nitrogen and oxygen atoms in total. The highest BCUT2D eigenvalue weighted by Crippen LogP contribution is 2.18. The molecule has 4 heteroatoms. The Hall–Kier alpha value is -2.56. The third-order valence-electron chi connectivity index (χ3n) is 5.12. The number of aryl methyl sites for hydroxylation is 1. The zero-order valence-electron chi connectivity index (χ0n) is 15.9. The van der Waals surface area contributed by atoms with Gasteiger partial charge >= 0.3 is 0 Å². The van der Waals surface area contributed by atoms with Crippen molar-refractivity contribution in [1.82, 2.24) is 19.8 Å². The lowest BCUT2D eigenvalue weighted by molar-refractivity contribution is 0.122. The second kappa shape index (κ2) is 8.42. The van der Waals surface area contributed by atoms with Gasteiger partial charge in [-0.05, 0) is 47.9 Å². The molecule has 0 unspecified atom stereocenters. The topological polar surface area (TPSA) is 32.3 Å². The van der Waals surface area contributed by atoms with Crippen LogP contribution in [0.1, 0.15) is 16.7 Å². The van der Waals surface area contributed by atoms with Crippen molar-refractivity contribution in [2.45, 2.75) is 20.0 Å². The smallest absolute Gasteiger partial charge is 0.0889 e. The zero-order valence-corrected chi connectivity index (χ0v) is 15.9. The summed E-state index contributed by atoms with van der Waals surface area (Å²) in [6, 6.07) is 19.2. The molecule has 1 saturated heterocycles. The Morgan fingerprint density at radius 2 is 1.30 bits per heavy atom. The molecule has 3 heterocycles. The number of aromatic nitrogens is 2. The van der Waals surface area contributed by atoms with Crippen molar-refractivity contribution in [1.29, 1.82) is 0 Å². The summed E-state index contributed by atoms with van der Waals surface area (Å²) in [4.78, 5) is 14.1. The van der Waals surface area contributed by atoms with E-state index in [4.69, 9.17) is 0 Å². The van der Waals surface area contributed by atoms with E-state index >= 15 is 0 Å². The van der Waals surface area contributed by atoms with E-state index in [0.29, 0.717) is 0 Å². The molecule has 0 spiro atoms. The quantitative estimate of drug-likeness (QED) is 0.695. The van der Waals surface area contributed by atoms with E-state index in [1.807, 2.05) is 18.5 Å². The minimum Gasteiger partial charge on any atom is -0.297 e. The normalized spacial score (nSPS) is 15.7. The number of pyridine rings is 2. The fourth-order valence-electron chi connectivity index (χ4n) is 3.59. The molecule has 4 rings (SSSR count). The van der Waals surface area contributed by atoms with E-state index < -0.39 is 0 Å². The Labute approximate surface area is 161 Å². The van der Waals surface area contributed by atoms with E-state index in [1.54, 1.807) is 0 Å². The maximum absolute atomic E-state index is 4.51. The highest BCUT2D eigenvalue weighted by atomic mass is 15.3. The minimum atomic E-state index is 0.949. The van der Waals surface area contributed by atoms with Gasteiger partial charge in [0.2, 0.25) is 0 Å². The van der Waals surface area contributed by atoms with Gasteiger partial charge in [0.25, 0.3) is 0 Å². The lowest BCUT2D eigenvalue weighted by Crippen LogP contribution is -2.45. The number of hydrogen-bond acceptors (Lipinski definition) is 4. The predicted octanol–water partition coefficient (Wildman–Crippen LogP) is 3.77. The molecule has 0 atom stereocenters. The van der Waals surface area contributed by atoms with Crippen molar-refractivity contribution in [2.24, 2.45) is 0 Å². The molecule has 0 saturated carbocycles.